The monoisotopic (exact) mass is 154 g/mol. The highest BCUT2D eigenvalue weighted by Crippen LogP contribution is 2.35. The molecule has 1 fully saturated rings. The first kappa shape index (κ1) is 5.93. The topological polar surface area (TPSA) is 0 Å². The van der Waals surface area contributed by atoms with E-state index in [1.807, 2.05) is 0 Å². The van der Waals surface area contributed by atoms with Gasteiger partial charge in [0.2, 0.25) is 0 Å². The van der Waals surface area contributed by atoms with E-state index in [1.165, 1.54) is 12.8 Å². The molecule has 1 aliphatic rings. The summed E-state index contributed by atoms with van der Waals surface area (Å²) in [5, 5.41) is 0. The lowest BCUT2D eigenvalue weighted by Crippen LogP contribution is -2.10. The van der Waals surface area contributed by atoms with Crippen molar-refractivity contribution in [2.75, 3.05) is 0 Å². The number of halogens is 2. The van der Waals surface area contributed by atoms with Gasteiger partial charge in [-0.05, 0) is 12.1 Å². The van der Waals surface area contributed by atoms with Crippen LogP contribution in [0.4, 0.5) is 0 Å². The second-order valence-corrected chi connectivity index (χ2v) is 9.70. The van der Waals surface area contributed by atoms with Gasteiger partial charge in [0, 0.05) is 0 Å². The summed E-state index contributed by atoms with van der Waals surface area (Å²) in [4.78, 5) is 0. The molecule has 0 aliphatic carbocycles. The minimum absolute atomic E-state index is 1.12. The minimum Gasteiger partial charge on any atom is -0.146 e. The Hall–Kier alpha value is 0.797. The number of hydrogen-bond acceptors (Lipinski definition) is 0. The van der Waals surface area contributed by atoms with Gasteiger partial charge in [-0.1, -0.05) is 12.8 Å². The highest BCUT2D eigenvalue weighted by atomic mass is 35.7. The molecule has 0 radical (unpaired) electrons. The van der Waals surface area contributed by atoms with E-state index in [0.717, 1.165) is 12.1 Å². The van der Waals surface area contributed by atoms with E-state index in [0.29, 0.717) is 0 Å². The van der Waals surface area contributed by atoms with Crippen molar-refractivity contribution in [3.05, 3.63) is 0 Å². The first-order valence-corrected chi connectivity index (χ1v) is 7.02. The molecule has 0 bridgehead atoms. The fourth-order valence-electron chi connectivity index (χ4n) is 0.892. The maximum Gasteiger partial charge on any atom is 0.251 e. The van der Waals surface area contributed by atoms with Crippen LogP contribution in [0.25, 0.3) is 0 Å². The van der Waals surface area contributed by atoms with Crippen molar-refractivity contribution in [2.45, 2.75) is 24.9 Å². The highest BCUT2D eigenvalue weighted by molar-refractivity contribution is 7.45. The molecule has 0 amide bonds. The van der Waals surface area contributed by atoms with Crippen LogP contribution < -0.4 is 0 Å². The van der Waals surface area contributed by atoms with Crippen molar-refractivity contribution in [2.24, 2.45) is 0 Å². The molecular formula is C4H8Cl2Si. The summed E-state index contributed by atoms with van der Waals surface area (Å²) in [5.41, 5.74) is 0. The first-order valence-electron chi connectivity index (χ1n) is 2.59. The Morgan fingerprint density at radius 3 is 1.57 bits per heavy atom. The summed E-state index contributed by atoms with van der Waals surface area (Å²) in [6.07, 6.45) is 2.53. The molecule has 0 aromatic carbocycles. The van der Waals surface area contributed by atoms with Crippen molar-refractivity contribution in [1.29, 1.82) is 0 Å². The van der Waals surface area contributed by atoms with Gasteiger partial charge in [-0.2, -0.15) is 0 Å². The Bertz CT molecular complexity index is 64.1. The Balaban J connectivity index is 2.40. The predicted molar refractivity (Wildman–Crippen MR) is 36.3 cm³/mol. The summed E-state index contributed by atoms with van der Waals surface area (Å²) < 4.78 is 0. The van der Waals surface area contributed by atoms with Crippen molar-refractivity contribution in [3.63, 3.8) is 0 Å². The van der Waals surface area contributed by atoms with E-state index in [4.69, 9.17) is 22.2 Å². The fourth-order valence-corrected chi connectivity index (χ4v) is 4.28. The normalized spacial score (nSPS) is 28.3. The lowest BCUT2D eigenvalue weighted by Gasteiger charge is -2.02. The quantitative estimate of drug-likeness (QED) is 0.372. The van der Waals surface area contributed by atoms with Gasteiger partial charge in [0.15, 0.2) is 0 Å². The molecule has 1 heterocycles. The molecule has 0 unspecified atom stereocenters. The van der Waals surface area contributed by atoms with E-state index in [9.17, 15) is 0 Å². The van der Waals surface area contributed by atoms with Crippen LogP contribution in [0.2, 0.25) is 12.1 Å². The third kappa shape index (κ3) is 1.63. The smallest absolute Gasteiger partial charge is 0.146 e. The SMILES string of the molecule is Cl[Si]1(Cl)CCCC1. The molecule has 7 heavy (non-hydrogen) atoms. The van der Waals surface area contributed by atoms with E-state index >= 15 is 0 Å². The molecular weight excluding hydrogens is 147 g/mol. The van der Waals surface area contributed by atoms with Gasteiger partial charge in [0.05, 0.1) is 0 Å². The molecule has 0 nitrogen and oxygen atoms in total. The maximum atomic E-state index is 5.87. The van der Waals surface area contributed by atoms with Crippen LogP contribution >= 0.6 is 22.2 Å². The molecule has 3 heteroatoms. The highest BCUT2D eigenvalue weighted by Gasteiger charge is 2.31. The van der Waals surface area contributed by atoms with Gasteiger partial charge in [-0.3, -0.25) is 0 Å². The molecule has 0 saturated carbocycles. The third-order valence-corrected chi connectivity index (χ3v) is 5.77. The van der Waals surface area contributed by atoms with E-state index < -0.39 is 6.69 Å². The van der Waals surface area contributed by atoms with Crippen molar-refractivity contribution >= 4 is 28.9 Å². The Morgan fingerprint density at radius 1 is 1.00 bits per heavy atom. The van der Waals surface area contributed by atoms with Crippen molar-refractivity contribution in [1.82, 2.24) is 0 Å². The molecule has 0 spiro atoms. The maximum absolute atomic E-state index is 5.87. The van der Waals surface area contributed by atoms with Gasteiger partial charge >= 0.3 is 0 Å². The van der Waals surface area contributed by atoms with Gasteiger partial charge in [0.1, 0.15) is 0 Å². The molecule has 0 aromatic rings. The van der Waals surface area contributed by atoms with E-state index in [-0.39, 0.29) is 0 Å². The summed E-state index contributed by atoms with van der Waals surface area (Å²) in [6, 6.07) is 2.24. The molecule has 1 aliphatic heterocycles. The van der Waals surface area contributed by atoms with Crippen LogP contribution in [0, 0.1) is 0 Å². The van der Waals surface area contributed by atoms with Gasteiger partial charge < -0.3 is 0 Å². The minimum atomic E-state index is -1.60. The summed E-state index contributed by atoms with van der Waals surface area (Å²) in [7, 11) is 0. The lowest BCUT2D eigenvalue weighted by atomic mass is 10.4. The van der Waals surface area contributed by atoms with Crippen LogP contribution in [-0.2, 0) is 0 Å². The lowest BCUT2D eigenvalue weighted by molar-refractivity contribution is 0.935. The van der Waals surface area contributed by atoms with E-state index in [2.05, 4.69) is 0 Å². The molecule has 42 valence electrons. The fraction of sp³-hybridized carbons (Fsp3) is 1.00. The van der Waals surface area contributed by atoms with Crippen molar-refractivity contribution in [3.8, 4) is 0 Å². The zero-order chi connectivity index (χ0) is 5.33. The third-order valence-electron chi connectivity index (χ3n) is 1.34. The Morgan fingerprint density at radius 2 is 1.43 bits per heavy atom. The number of rotatable bonds is 0. The van der Waals surface area contributed by atoms with Gasteiger partial charge in [-0.25, -0.2) is 0 Å². The number of hydrogen-bond donors (Lipinski definition) is 0. The molecule has 0 atom stereocenters. The summed E-state index contributed by atoms with van der Waals surface area (Å²) >= 11 is 11.7. The summed E-state index contributed by atoms with van der Waals surface area (Å²) in [6.45, 7) is -1.60. The first-order chi connectivity index (χ1) is 3.21. The van der Waals surface area contributed by atoms with Crippen LogP contribution in [-0.4, -0.2) is 6.69 Å². The van der Waals surface area contributed by atoms with Crippen LogP contribution in [0.5, 0.6) is 0 Å². The van der Waals surface area contributed by atoms with Gasteiger partial charge in [-0.15, -0.1) is 22.2 Å². The average molecular weight is 155 g/mol. The second-order valence-electron chi connectivity index (χ2n) is 2.06. The van der Waals surface area contributed by atoms with Crippen molar-refractivity contribution < 1.29 is 0 Å². The molecule has 0 aromatic heterocycles. The molecule has 1 rings (SSSR count). The predicted octanol–water partition coefficient (Wildman–Crippen LogP) is 2.70. The van der Waals surface area contributed by atoms with E-state index in [1.54, 1.807) is 0 Å². The molecule has 1 saturated heterocycles. The Kier molecular flexibility index (Phi) is 1.66. The van der Waals surface area contributed by atoms with Crippen LogP contribution in [0.15, 0.2) is 0 Å². The van der Waals surface area contributed by atoms with Gasteiger partial charge in [0.25, 0.3) is 6.69 Å². The Labute approximate surface area is 54.2 Å². The summed E-state index contributed by atoms with van der Waals surface area (Å²) in [5.74, 6) is 0. The zero-order valence-electron chi connectivity index (χ0n) is 4.08. The van der Waals surface area contributed by atoms with Crippen LogP contribution in [0.3, 0.4) is 0 Å². The zero-order valence-corrected chi connectivity index (χ0v) is 6.60. The largest absolute Gasteiger partial charge is 0.251 e. The molecule has 0 N–H and O–H groups in total. The average Bonchev–Trinajstić information content (AvgIpc) is 1.84. The second kappa shape index (κ2) is 1.96. The van der Waals surface area contributed by atoms with Crippen LogP contribution in [0.1, 0.15) is 12.8 Å². The standard InChI is InChI=1S/C4H8Cl2Si/c5-7(6)3-1-2-4-7/h1-4H2.